The molecule has 1 N–H and O–H groups in total. The Kier molecular flexibility index (Phi) is 3.88. The van der Waals surface area contributed by atoms with E-state index in [2.05, 4.69) is 31.2 Å². The van der Waals surface area contributed by atoms with Crippen molar-refractivity contribution in [2.75, 3.05) is 26.3 Å². The van der Waals surface area contributed by atoms with E-state index in [1.807, 2.05) is 0 Å². The second-order valence-corrected chi connectivity index (χ2v) is 6.22. The molecule has 1 heterocycles. The lowest BCUT2D eigenvalue weighted by molar-refractivity contribution is -0.0118. The van der Waals surface area contributed by atoms with Crippen molar-refractivity contribution < 1.29 is 4.74 Å². The quantitative estimate of drug-likeness (QED) is 0.780. The van der Waals surface area contributed by atoms with E-state index >= 15 is 0 Å². The van der Waals surface area contributed by atoms with Crippen LogP contribution in [0.15, 0.2) is 0 Å². The highest BCUT2D eigenvalue weighted by Crippen LogP contribution is 2.38. The molecule has 3 heteroatoms. The monoisotopic (exact) mass is 226 g/mol. The van der Waals surface area contributed by atoms with Gasteiger partial charge in [-0.05, 0) is 30.6 Å². The van der Waals surface area contributed by atoms with Gasteiger partial charge in [0.1, 0.15) is 0 Å². The lowest BCUT2D eigenvalue weighted by Gasteiger charge is -2.42. The Balaban J connectivity index is 1.81. The lowest BCUT2D eigenvalue weighted by atomic mass is 9.71. The summed E-state index contributed by atoms with van der Waals surface area (Å²) in [6.45, 7) is 11.0. The summed E-state index contributed by atoms with van der Waals surface area (Å²) in [4.78, 5) is 0. The van der Waals surface area contributed by atoms with Gasteiger partial charge in [0.25, 0.3) is 0 Å². The minimum Gasteiger partial charge on any atom is -0.379 e. The van der Waals surface area contributed by atoms with Crippen LogP contribution in [0.25, 0.3) is 0 Å². The molecule has 1 aliphatic carbocycles. The van der Waals surface area contributed by atoms with Crippen molar-refractivity contribution >= 4 is 0 Å². The highest BCUT2D eigenvalue weighted by molar-refractivity contribution is 4.86. The molecule has 0 aromatic heterocycles. The van der Waals surface area contributed by atoms with Gasteiger partial charge in [-0.25, -0.2) is 5.01 Å². The van der Waals surface area contributed by atoms with Crippen LogP contribution in [0, 0.1) is 11.3 Å². The van der Waals surface area contributed by atoms with Crippen LogP contribution >= 0.6 is 0 Å². The zero-order valence-electron chi connectivity index (χ0n) is 11.0. The van der Waals surface area contributed by atoms with Crippen molar-refractivity contribution in [3.05, 3.63) is 0 Å². The first-order chi connectivity index (χ1) is 7.57. The Morgan fingerprint density at radius 2 is 1.94 bits per heavy atom. The van der Waals surface area contributed by atoms with Gasteiger partial charge in [0.05, 0.1) is 13.2 Å². The fourth-order valence-electron chi connectivity index (χ4n) is 3.07. The third-order valence-electron chi connectivity index (χ3n) is 4.05. The number of hydrazine groups is 1. The molecule has 0 amide bonds. The number of hydrogen-bond donors (Lipinski definition) is 1. The first-order valence-electron chi connectivity index (χ1n) is 6.66. The first kappa shape index (κ1) is 12.3. The summed E-state index contributed by atoms with van der Waals surface area (Å²) in [5.41, 5.74) is 4.24. The Bertz CT molecular complexity index is 224. The van der Waals surface area contributed by atoms with Gasteiger partial charge < -0.3 is 4.74 Å². The van der Waals surface area contributed by atoms with Gasteiger partial charge in [0, 0.05) is 19.1 Å². The van der Waals surface area contributed by atoms with E-state index in [9.17, 15) is 0 Å². The van der Waals surface area contributed by atoms with E-state index < -0.39 is 0 Å². The Morgan fingerprint density at radius 1 is 1.25 bits per heavy atom. The molecule has 1 saturated heterocycles. The minimum absolute atomic E-state index is 0.544. The molecule has 1 aliphatic heterocycles. The number of nitrogens with one attached hydrogen (secondary N) is 1. The Labute approximate surface area is 99.5 Å². The molecule has 2 aliphatic rings. The maximum absolute atomic E-state index is 5.37. The maximum atomic E-state index is 5.37. The van der Waals surface area contributed by atoms with Crippen LogP contribution in [0.5, 0.6) is 0 Å². The SMILES string of the molecule is CC1CC(C)(C)CCC1NN1CCOCC1. The summed E-state index contributed by atoms with van der Waals surface area (Å²) in [6.07, 6.45) is 4.00. The van der Waals surface area contributed by atoms with Gasteiger partial charge in [0.15, 0.2) is 0 Å². The third-order valence-corrected chi connectivity index (χ3v) is 4.05. The number of hydrogen-bond acceptors (Lipinski definition) is 3. The predicted molar refractivity (Wildman–Crippen MR) is 66.1 cm³/mol. The molecule has 0 bridgehead atoms. The number of ether oxygens (including phenoxy) is 1. The van der Waals surface area contributed by atoms with Crippen LogP contribution in [0.4, 0.5) is 0 Å². The van der Waals surface area contributed by atoms with Crippen molar-refractivity contribution in [3.63, 3.8) is 0 Å². The van der Waals surface area contributed by atoms with Gasteiger partial charge in [-0.15, -0.1) is 0 Å². The molecule has 0 radical (unpaired) electrons. The van der Waals surface area contributed by atoms with E-state index in [1.54, 1.807) is 0 Å². The minimum atomic E-state index is 0.544. The van der Waals surface area contributed by atoms with Crippen molar-refractivity contribution in [1.82, 2.24) is 10.4 Å². The van der Waals surface area contributed by atoms with E-state index in [0.717, 1.165) is 32.2 Å². The Morgan fingerprint density at radius 3 is 2.56 bits per heavy atom. The van der Waals surface area contributed by atoms with E-state index in [4.69, 9.17) is 4.74 Å². The molecule has 0 aromatic rings. The fourth-order valence-corrected chi connectivity index (χ4v) is 3.07. The van der Waals surface area contributed by atoms with Gasteiger partial charge in [-0.2, -0.15) is 0 Å². The maximum Gasteiger partial charge on any atom is 0.0608 e. The van der Waals surface area contributed by atoms with Crippen LogP contribution < -0.4 is 5.43 Å². The van der Waals surface area contributed by atoms with Crippen LogP contribution in [-0.2, 0) is 4.74 Å². The van der Waals surface area contributed by atoms with Gasteiger partial charge in [-0.3, -0.25) is 5.43 Å². The van der Waals surface area contributed by atoms with Crippen LogP contribution in [-0.4, -0.2) is 37.4 Å². The standard InChI is InChI=1S/C13H26N2O/c1-11-10-13(2,3)5-4-12(11)14-15-6-8-16-9-7-15/h11-12,14H,4-10H2,1-3H3. The van der Waals surface area contributed by atoms with E-state index in [0.29, 0.717) is 11.5 Å². The highest BCUT2D eigenvalue weighted by Gasteiger charge is 2.33. The molecule has 0 aromatic carbocycles. The van der Waals surface area contributed by atoms with Gasteiger partial charge in [-0.1, -0.05) is 20.8 Å². The summed E-state index contributed by atoms with van der Waals surface area (Å²) in [6, 6.07) is 0.672. The van der Waals surface area contributed by atoms with Crippen LogP contribution in [0.3, 0.4) is 0 Å². The second-order valence-electron chi connectivity index (χ2n) is 6.22. The third kappa shape index (κ3) is 3.19. The molecule has 2 fully saturated rings. The number of rotatable bonds is 2. The summed E-state index contributed by atoms with van der Waals surface area (Å²) in [7, 11) is 0. The van der Waals surface area contributed by atoms with Crippen molar-refractivity contribution in [3.8, 4) is 0 Å². The van der Waals surface area contributed by atoms with E-state index in [-0.39, 0.29) is 0 Å². The topological polar surface area (TPSA) is 24.5 Å². The molecule has 16 heavy (non-hydrogen) atoms. The predicted octanol–water partition coefficient (Wildman–Crippen LogP) is 2.04. The van der Waals surface area contributed by atoms with Gasteiger partial charge in [0.2, 0.25) is 0 Å². The molecule has 3 nitrogen and oxygen atoms in total. The van der Waals surface area contributed by atoms with Crippen molar-refractivity contribution in [1.29, 1.82) is 0 Å². The fraction of sp³-hybridized carbons (Fsp3) is 1.00. The first-order valence-corrected chi connectivity index (χ1v) is 6.66. The smallest absolute Gasteiger partial charge is 0.0608 e. The summed E-state index contributed by atoms with van der Waals surface area (Å²) in [5.74, 6) is 0.784. The molecule has 2 rings (SSSR count). The molecule has 1 saturated carbocycles. The molecule has 2 unspecified atom stereocenters. The Hall–Kier alpha value is -0.120. The molecule has 0 spiro atoms. The summed E-state index contributed by atoms with van der Waals surface area (Å²) in [5, 5.41) is 2.35. The molecule has 94 valence electrons. The van der Waals surface area contributed by atoms with Gasteiger partial charge >= 0.3 is 0 Å². The zero-order chi connectivity index (χ0) is 11.6. The molecular formula is C13H26N2O. The van der Waals surface area contributed by atoms with Crippen LogP contribution in [0.2, 0.25) is 0 Å². The largest absolute Gasteiger partial charge is 0.379 e. The summed E-state index contributed by atoms with van der Waals surface area (Å²) >= 11 is 0. The highest BCUT2D eigenvalue weighted by atomic mass is 16.5. The average molecular weight is 226 g/mol. The number of morpholine rings is 1. The van der Waals surface area contributed by atoms with E-state index in [1.165, 1.54) is 19.3 Å². The molecular weight excluding hydrogens is 200 g/mol. The number of nitrogens with zero attached hydrogens (tertiary/aromatic N) is 1. The van der Waals surface area contributed by atoms with Crippen LogP contribution in [0.1, 0.15) is 40.0 Å². The molecule has 2 atom stereocenters. The zero-order valence-corrected chi connectivity index (χ0v) is 11.0. The van der Waals surface area contributed by atoms with Crippen molar-refractivity contribution in [2.24, 2.45) is 11.3 Å². The normalized spacial score (nSPS) is 36.2. The lowest BCUT2D eigenvalue weighted by Crippen LogP contribution is -2.53. The summed E-state index contributed by atoms with van der Waals surface area (Å²) < 4.78 is 5.37. The average Bonchev–Trinajstić information content (AvgIpc) is 2.23. The van der Waals surface area contributed by atoms with Crippen molar-refractivity contribution in [2.45, 2.75) is 46.1 Å². The second kappa shape index (κ2) is 5.03.